The van der Waals surface area contributed by atoms with E-state index in [2.05, 4.69) is 4.90 Å². The van der Waals surface area contributed by atoms with Crippen LogP contribution >= 0.6 is 0 Å². The van der Waals surface area contributed by atoms with Gasteiger partial charge >= 0.3 is 0 Å². The summed E-state index contributed by atoms with van der Waals surface area (Å²) in [7, 11) is 1.94. The first-order chi connectivity index (χ1) is 8.75. The second kappa shape index (κ2) is 5.17. The second-order valence-corrected chi connectivity index (χ2v) is 6.00. The Kier molecular flexibility index (Phi) is 3.57. The maximum Gasteiger partial charge on any atom is 0.248 e. The van der Waals surface area contributed by atoms with Crippen LogP contribution in [0.1, 0.15) is 38.5 Å². The molecule has 0 unspecified atom stereocenters. The van der Waals surface area contributed by atoms with E-state index in [4.69, 9.17) is 4.74 Å². The number of morpholine rings is 1. The largest absolute Gasteiger partial charge is 0.366 e. The normalized spacial score (nSPS) is 35.6. The van der Waals surface area contributed by atoms with Crippen LogP contribution in [0.3, 0.4) is 0 Å². The number of likely N-dealkylation sites (N-methyl/N-ethyl adjacent to an activating group) is 1. The van der Waals surface area contributed by atoms with E-state index in [9.17, 15) is 4.79 Å². The van der Waals surface area contributed by atoms with Gasteiger partial charge in [-0.1, -0.05) is 19.3 Å². The molecule has 1 amide bonds. The first-order valence-electron chi connectivity index (χ1n) is 7.37. The molecule has 3 fully saturated rings. The number of hydrogen-bond donors (Lipinski definition) is 0. The Morgan fingerprint density at radius 1 is 1.17 bits per heavy atom. The molecule has 0 spiro atoms. The van der Waals surface area contributed by atoms with Crippen molar-refractivity contribution < 1.29 is 9.53 Å². The summed E-state index contributed by atoms with van der Waals surface area (Å²) in [6.07, 6.45) is 8.19. The number of amides is 1. The van der Waals surface area contributed by atoms with Crippen molar-refractivity contribution in [2.75, 3.05) is 26.7 Å². The molecule has 0 N–H and O–H groups in total. The fourth-order valence-corrected chi connectivity index (χ4v) is 3.74. The van der Waals surface area contributed by atoms with Gasteiger partial charge in [-0.3, -0.25) is 9.69 Å². The average Bonchev–Trinajstić information content (AvgIpc) is 2.44. The monoisotopic (exact) mass is 252 g/mol. The number of ether oxygens (including phenoxy) is 1. The van der Waals surface area contributed by atoms with Crippen molar-refractivity contribution in [3.63, 3.8) is 0 Å². The minimum atomic E-state index is 0.141. The maximum atomic E-state index is 11.7. The number of carbonyl (C=O) groups excluding carboxylic acids is 1. The van der Waals surface area contributed by atoms with Crippen LogP contribution in [-0.2, 0) is 9.53 Å². The van der Waals surface area contributed by atoms with Crippen LogP contribution in [0.2, 0.25) is 0 Å². The summed E-state index contributed by atoms with van der Waals surface area (Å²) in [6.45, 7) is 2.44. The van der Waals surface area contributed by atoms with E-state index < -0.39 is 0 Å². The Labute approximate surface area is 109 Å². The predicted molar refractivity (Wildman–Crippen MR) is 69.4 cm³/mol. The van der Waals surface area contributed by atoms with Gasteiger partial charge in [0.05, 0.1) is 12.1 Å². The molecule has 1 saturated carbocycles. The van der Waals surface area contributed by atoms with Gasteiger partial charge in [0, 0.05) is 26.2 Å². The molecule has 0 aromatic carbocycles. The smallest absolute Gasteiger partial charge is 0.248 e. The number of nitrogens with zero attached hydrogens (tertiary/aromatic N) is 2. The Morgan fingerprint density at radius 2 is 1.94 bits per heavy atom. The maximum absolute atomic E-state index is 11.7. The summed E-state index contributed by atoms with van der Waals surface area (Å²) in [4.78, 5) is 16.2. The lowest BCUT2D eigenvalue weighted by Crippen LogP contribution is -2.62. The molecule has 2 saturated heterocycles. The average molecular weight is 252 g/mol. The van der Waals surface area contributed by atoms with Crippen molar-refractivity contribution in [3.05, 3.63) is 0 Å². The van der Waals surface area contributed by atoms with Crippen molar-refractivity contribution in [1.82, 2.24) is 9.80 Å². The zero-order valence-corrected chi connectivity index (χ0v) is 11.3. The molecule has 3 aliphatic rings. The highest BCUT2D eigenvalue weighted by Crippen LogP contribution is 2.28. The van der Waals surface area contributed by atoms with Crippen LogP contribution in [0, 0.1) is 0 Å². The van der Waals surface area contributed by atoms with Crippen molar-refractivity contribution in [1.29, 1.82) is 0 Å². The summed E-state index contributed by atoms with van der Waals surface area (Å²) < 4.78 is 5.68. The number of rotatable bonds is 1. The van der Waals surface area contributed by atoms with E-state index in [1.807, 2.05) is 11.9 Å². The first-order valence-corrected chi connectivity index (χ1v) is 7.37. The van der Waals surface area contributed by atoms with Crippen LogP contribution in [0.25, 0.3) is 0 Å². The molecule has 2 atom stereocenters. The standard InChI is InChI=1S/C14H24N2O2/c1-15-12-9-16(11-5-3-2-4-6-11)8-7-13(12)18-10-14(15)17/h11-13H,2-10H2,1H3/t12-,13+/m0/s1. The molecular formula is C14H24N2O2. The van der Waals surface area contributed by atoms with Gasteiger partial charge in [-0.15, -0.1) is 0 Å². The molecule has 4 nitrogen and oxygen atoms in total. The van der Waals surface area contributed by atoms with E-state index >= 15 is 0 Å². The van der Waals surface area contributed by atoms with Crippen molar-refractivity contribution in [3.8, 4) is 0 Å². The van der Waals surface area contributed by atoms with E-state index in [-0.39, 0.29) is 24.7 Å². The molecule has 2 heterocycles. The fourth-order valence-electron chi connectivity index (χ4n) is 3.74. The highest BCUT2D eigenvalue weighted by Gasteiger charge is 2.40. The summed E-state index contributed by atoms with van der Waals surface area (Å²) in [6, 6.07) is 1.03. The minimum Gasteiger partial charge on any atom is -0.366 e. The Hall–Kier alpha value is -0.610. The number of carbonyl (C=O) groups is 1. The third-order valence-corrected chi connectivity index (χ3v) is 4.95. The lowest BCUT2D eigenvalue weighted by atomic mass is 9.90. The number of likely N-dealkylation sites (tertiary alicyclic amines) is 1. The van der Waals surface area contributed by atoms with Gasteiger partial charge in [-0.25, -0.2) is 0 Å². The third-order valence-electron chi connectivity index (χ3n) is 4.95. The molecular weight excluding hydrogens is 228 g/mol. The minimum absolute atomic E-state index is 0.141. The van der Waals surface area contributed by atoms with Gasteiger partial charge in [0.15, 0.2) is 0 Å². The lowest BCUT2D eigenvalue weighted by molar-refractivity contribution is -0.161. The van der Waals surface area contributed by atoms with Gasteiger partial charge in [0.25, 0.3) is 0 Å². The molecule has 0 aromatic rings. The fraction of sp³-hybridized carbons (Fsp3) is 0.929. The molecule has 3 rings (SSSR count). The SMILES string of the molecule is CN1C(=O)CO[C@@H]2CCN(C3CCCCC3)C[C@@H]21. The van der Waals surface area contributed by atoms with Crippen LogP contribution in [0.4, 0.5) is 0 Å². The Bertz CT molecular complexity index is 315. The van der Waals surface area contributed by atoms with Crippen molar-refractivity contribution in [2.24, 2.45) is 0 Å². The molecule has 18 heavy (non-hydrogen) atoms. The summed E-state index contributed by atoms with van der Waals surface area (Å²) >= 11 is 0. The van der Waals surface area contributed by atoms with Gasteiger partial charge < -0.3 is 9.64 Å². The van der Waals surface area contributed by atoms with Crippen molar-refractivity contribution >= 4 is 5.91 Å². The van der Waals surface area contributed by atoms with E-state index in [1.165, 1.54) is 32.1 Å². The highest BCUT2D eigenvalue weighted by molar-refractivity contribution is 5.78. The summed E-state index contributed by atoms with van der Waals surface area (Å²) in [5.41, 5.74) is 0. The Morgan fingerprint density at radius 3 is 2.72 bits per heavy atom. The van der Waals surface area contributed by atoms with Crippen LogP contribution in [0.15, 0.2) is 0 Å². The second-order valence-electron chi connectivity index (χ2n) is 6.00. The van der Waals surface area contributed by atoms with Crippen molar-refractivity contribution in [2.45, 2.75) is 56.7 Å². The Balaban J connectivity index is 1.64. The summed E-state index contributed by atoms with van der Waals surface area (Å²) in [5.74, 6) is 0.141. The number of hydrogen-bond acceptors (Lipinski definition) is 3. The van der Waals surface area contributed by atoms with Gasteiger partial charge in [0.2, 0.25) is 5.91 Å². The third kappa shape index (κ3) is 2.28. The predicted octanol–water partition coefficient (Wildman–Crippen LogP) is 1.25. The molecule has 0 bridgehead atoms. The zero-order valence-electron chi connectivity index (χ0n) is 11.3. The van der Waals surface area contributed by atoms with E-state index in [0.29, 0.717) is 0 Å². The topological polar surface area (TPSA) is 32.8 Å². The molecule has 0 aromatic heterocycles. The molecule has 1 aliphatic carbocycles. The summed E-state index contributed by atoms with van der Waals surface area (Å²) in [5, 5.41) is 0. The molecule has 4 heteroatoms. The lowest BCUT2D eigenvalue weighted by Gasteiger charge is -2.48. The quantitative estimate of drug-likeness (QED) is 0.704. The van der Waals surface area contributed by atoms with E-state index in [0.717, 1.165) is 25.6 Å². The van der Waals surface area contributed by atoms with Crippen LogP contribution < -0.4 is 0 Å². The molecule has 0 radical (unpaired) electrons. The number of piperidine rings is 1. The number of fused-ring (bicyclic) bond motifs is 1. The van der Waals surface area contributed by atoms with Gasteiger partial charge in [-0.2, -0.15) is 0 Å². The highest BCUT2D eigenvalue weighted by atomic mass is 16.5. The van der Waals surface area contributed by atoms with Gasteiger partial charge in [-0.05, 0) is 19.3 Å². The van der Waals surface area contributed by atoms with Crippen LogP contribution in [0.5, 0.6) is 0 Å². The molecule has 2 aliphatic heterocycles. The van der Waals surface area contributed by atoms with E-state index in [1.54, 1.807) is 0 Å². The van der Waals surface area contributed by atoms with Gasteiger partial charge in [0.1, 0.15) is 6.61 Å². The van der Waals surface area contributed by atoms with Crippen LogP contribution in [-0.4, -0.2) is 60.6 Å². The molecule has 102 valence electrons. The first kappa shape index (κ1) is 12.4. The zero-order chi connectivity index (χ0) is 12.5.